The van der Waals surface area contributed by atoms with Crippen molar-refractivity contribution in [1.29, 1.82) is 0 Å². The van der Waals surface area contributed by atoms with Gasteiger partial charge < -0.3 is 10.4 Å². The Labute approximate surface area is 125 Å². The Bertz CT molecular complexity index is 526. The molecule has 2 rings (SSSR count). The molecule has 0 amide bonds. The van der Waals surface area contributed by atoms with Crippen molar-refractivity contribution in [3.05, 3.63) is 65.7 Å². The zero-order chi connectivity index (χ0) is 14.4. The monoisotopic (exact) mass is 287 g/mol. The summed E-state index contributed by atoms with van der Waals surface area (Å²) in [5, 5.41) is 13.2. The number of hydrogen-bond donors (Lipinski definition) is 2. The van der Waals surface area contributed by atoms with Crippen LogP contribution in [0.5, 0.6) is 0 Å². The summed E-state index contributed by atoms with van der Waals surface area (Å²) in [6.45, 7) is 2.84. The quantitative estimate of drug-likeness (QED) is 0.799. The molecular formula is C17H21NOS. The Morgan fingerprint density at radius 3 is 2.25 bits per heavy atom. The van der Waals surface area contributed by atoms with E-state index < -0.39 is 5.54 Å². The third-order valence-electron chi connectivity index (χ3n) is 3.57. The van der Waals surface area contributed by atoms with Gasteiger partial charge in [-0.05, 0) is 36.4 Å². The molecule has 0 bridgehead atoms. The molecule has 0 aliphatic rings. The van der Waals surface area contributed by atoms with Crippen molar-refractivity contribution in [3.8, 4) is 0 Å². The van der Waals surface area contributed by atoms with Gasteiger partial charge >= 0.3 is 0 Å². The van der Waals surface area contributed by atoms with Gasteiger partial charge in [-0.3, -0.25) is 0 Å². The zero-order valence-corrected chi connectivity index (χ0v) is 12.8. The Hall–Kier alpha value is -1.29. The number of nitrogens with one attached hydrogen (secondary N) is 1. The molecule has 3 heteroatoms. The molecule has 1 atom stereocenters. The minimum atomic E-state index is -0.424. The second-order valence-electron chi connectivity index (χ2n) is 5.06. The van der Waals surface area contributed by atoms with E-state index in [-0.39, 0.29) is 6.61 Å². The van der Waals surface area contributed by atoms with Gasteiger partial charge in [0.25, 0.3) is 0 Å². The fourth-order valence-electron chi connectivity index (χ4n) is 2.10. The molecule has 0 aliphatic carbocycles. The predicted molar refractivity (Wildman–Crippen MR) is 85.9 cm³/mol. The van der Waals surface area contributed by atoms with Crippen molar-refractivity contribution in [2.45, 2.75) is 23.9 Å². The standard InChI is InChI=1S/C17H21NOS/c1-17(13-19,15-8-10-16(20-2)11-9-15)18-12-14-6-4-3-5-7-14/h3-11,18-19H,12-13H2,1-2H3. The molecule has 0 fully saturated rings. The van der Waals surface area contributed by atoms with Gasteiger partial charge in [0.1, 0.15) is 0 Å². The molecule has 20 heavy (non-hydrogen) atoms. The molecule has 0 saturated carbocycles. The minimum Gasteiger partial charge on any atom is -0.394 e. The summed E-state index contributed by atoms with van der Waals surface area (Å²) in [5.74, 6) is 0. The van der Waals surface area contributed by atoms with E-state index in [4.69, 9.17) is 0 Å². The van der Waals surface area contributed by atoms with Crippen LogP contribution in [0.2, 0.25) is 0 Å². The maximum Gasteiger partial charge on any atom is 0.0652 e. The number of aliphatic hydroxyl groups excluding tert-OH is 1. The van der Waals surface area contributed by atoms with Gasteiger partial charge in [0.05, 0.1) is 12.1 Å². The molecule has 0 aromatic heterocycles. The highest BCUT2D eigenvalue weighted by Gasteiger charge is 2.24. The summed E-state index contributed by atoms with van der Waals surface area (Å²) < 4.78 is 0. The summed E-state index contributed by atoms with van der Waals surface area (Å²) in [7, 11) is 0. The van der Waals surface area contributed by atoms with Crippen molar-refractivity contribution in [2.24, 2.45) is 0 Å². The highest BCUT2D eigenvalue weighted by molar-refractivity contribution is 7.98. The molecular weight excluding hydrogens is 266 g/mol. The second kappa shape index (κ2) is 6.93. The SMILES string of the molecule is CSc1ccc(C(C)(CO)NCc2ccccc2)cc1. The number of thioether (sulfide) groups is 1. The maximum absolute atomic E-state index is 9.78. The molecule has 1 unspecified atom stereocenters. The molecule has 2 N–H and O–H groups in total. The first kappa shape index (κ1) is 15.1. The molecule has 0 heterocycles. The second-order valence-corrected chi connectivity index (χ2v) is 5.94. The first-order valence-corrected chi connectivity index (χ1v) is 7.95. The van der Waals surface area contributed by atoms with E-state index in [0.29, 0.717) is 0 Å². The largest absolute Gasteiger partial charge is 0.394 e. The number of hydrogen-bond acceptors (Lipinski definition) is 3. The van der Waals surface area contributed by atoms with Gasteiger partial charge in [0.2, 0.25) is 0 Å². The van der Waals surface area contributed by atoms with Crippen molar-refractivity contribution in [2.75, 3.05) is 12.9 Å². The van der Waals surface area contributed by atoms with E-state index in [1.165, 1.54) is 10.5 Å². The first-order chi connectivity index (χ1) is 9.68. The lowest BCUT2D eigenvalue weighted by Gasteiger charge is -2.30. The Balaban J connectivity index is 2.11. The molecule has 2 nitrogen and oxygen atoms in total. The minimum absolute atomic E-state index is 0.0679. The average Bonchev–Trinajstić information content (AvgIpc) is 2.53. The number of rotatable bonds is 6. The third kappa shape index (κ3) is 3.63. The van der Waals surface area contributed by atoms with Gasteiger partial charge in [-0.15, -0.1) is 11.8 Å². The zero-order valence-electron chi connectivity index (χ0n) is 12.0. The molecule has 2 aromatic carbocycles. The topological polar surface area (TPSA) is 32.3 Å². The van der Waals surface area contributed by atoms with Crippen LogP contribution in [0.4, 0.5) is 0 Å². The van der Waals surface area contributed by atoms with Crippen molar-refractivity contribution < 1.29 is 5.11 Å². The van der Waals surface area contributed by atoms with Crippen molar-refractivity contribution in [1.82, 2.24) is 5.32 Å². The lowest BCUT2D eigenvalue weighted by Crippen LogP contribution is -2.42. The van der Waals surface area contributed by atoms with Gasteiger partial charge in [-0.2, -0.15) is 0 Å². The Kier molecular flexibility index (Phi) is 5.24. The Morgan fingerprint density at radius 1 is 1.05 bits per heavy atom. The van der Waals surface area contributed by atoms with Crippen LogP contribution in [-0.4, -0.2) is 18.0 Å². The van der Waals surface area contributed by atoms with Gasteiger partial charge in [0, 0.05) is 11.4 Å². The van der Waals surface area contributed by atoms with Crippen LogP contribution in [-0.2, 0) is 12.1 Å². The third-order valence-corrected chi connectivity index (χ3v) is 4.31. The first-order valence-electron chi connectivity index (χ1n) is 6.72. The molecule has 106 valence electrons. The molecule has 0 saturated heterocycles. The van der Waals surface area contributed by atoms with Crippen LogP contribution < -0.4 is 5.32 Å². The molecule has 2 aromatic rings. The van der Waals surface area contributed by atoms with Crippen LogP contribution in [0.1, 0.15) is 18.1 Å². The lowest BCUT2D eigenvalue weighted by molar-refractivity contribution is 0.173. The van der Waals surface area contributed by atoms with Gasteiger partial charge in [0.15, 0.2) is 0 Å². The van der Waals surface area contributed by atoms with Gasteiger partial charge in [-0.1, -0.05) is 42.5 Å². The highest BCUT2D eigenvalue weighted by atomic mass is 32.2. The van der Waals surface area contributed by atoms with Crippen LogP contribution in [0.25, 0.3) is 0 Å². The van der Waals surface area contributed by atoms with E-state index in [2.05, 4.69) is 48.0 Å². The lowest BCUT2D eigenvalue weighted by atomic mass is 9.92. The maximum atomic E-state index is 9.78. The van der Waals surface area contributed by atoms with Crippen LogP contribution in [0, 0.1) is 0 Å². The number of aliphatic hydroxyl groups is 1. The number of benzene rings is 2. The molecule has 0 spiro atoms. The highest BCUT2D eigenvalue weighted by Crippen LogP contribution is 2.24. The Morgan fingerprint density at radius 2 is 1.70 bits per heavy atom. The summed E-state index contributed by atoms with van der Waals surface area (Å²) in [4.78, 5) is 1.23. The van der Waals surface area contributed by atoms with Crippen molar-refractivity contribution in [3.63, 3.8) is 0 Å². The van der Waals surface area contributed by atoms with E-state index in [1.807, 2.05) is 25.1 Å². The van der Waals surface area contributed by atoms with Crippen molar-refractivity contribution >= 4 is 11.8 Å². The smallest absolute Gasteiger partial charge is 0.0652 e. The molecule has 0 aliphatic heterocycles. The van der Waals surface area contributed by atoms with Crippen LogP contribution in [0.3, 0.4) is 0 Å². The normalized spacial score (nSPS) is 13.9. The summed E-state index contributed by atoms with van der Waals surface area (Å²) in [6.07, 6.45) is 2.06. The fraction of sp³-hybridized carbons (Fsp3) is 0.294. The summed E-state index contributed by atoms with van der Waals surface area (Å²) >= 11 is 1.72. The van der Waals surface area contributed by atoms with E-state index in [0.717, 1.165) is 12.1 Å². The van der Waals surface area contributed by atoms with Crippen LogP contribution in [0.15, 0.2) is 59.5 Å². The van der Waals surface area contributed by atoms with E-state index >= 15 is 0 Å². The summed E-state index contributed by atoms with van der Waals surface area (Å²) in [5.41, 5.74) is 1.90. The van der Waals surface area contributed by atoms with E-state index in [1.54, 1.807) is 11.8 Å². The van der Waals surface area contributed by atoms with E-state index in [9.17, 15) is 5.11 Å². The molecule has 0 radical (unpaired) electrons. The van der Waals surface area contributed by atoms with Gasteiger partial charge in [-0.25, -0.2) is 0 Å². The van der Waals surface area contributed by atoms with Crippen LogP contribution >= 0.6 is 11.8 Å². The summed E-state index contributed by atoms with van der Waals surface area (Å²) in [6, 6.07) is 18.6. The fourth-order valence-corrected chi connectivity index (χ4v) is 2.51. The average molecular weight is 287 g/mol. The predicted octanol–water partition coefficient (Wildman–Crippen LogP) is 3.41.